The number of thioether (sulfide) groups is 1. The van der Waals surface area contributed by atoms with E-state index in [4.69, 9.17) is 5.73 Å². The first-order valence-corrected chi connectivity index (χ1v) is 8.63. The molecule has 1 aliphatic rings. The summed E-state index contributed by atoms with van der Waals surface area (Å²) < 4.78 is 30.5. The molecule has 1 aliphatic heterocycles. The summed E-state index contributed by atoms with van der Waals surface area (Å²) >= 11 is 1.59. The van der Waals surface area contributed by atoms with Crippen LogP contribution in [0.3, 0.4) is 0 Å². The molecule has 0 amide bonds. The molecule has 0 aliphatic carbocycles. The minimum absolute atomic E-state index is 0.153. The van der Waals surface area contributed by atoms with Gasteiger partial charge in [0.05, 0.1) is 25.0 Å². The summed E-state index contributed by atoms with van der Waals surface area (Å²) in [4.78, 5) is 12.0. The lowest BCUT2D eigenvalue weighted by molar-refractivity contribution is -0.140. The van der Waals surface area contributed by atoms with Crippen molar-refractivity contribution < 1.29 is 17.9 Å². The Morgan fingerprint density at radius 2 is 2.25 bits per heavy atom. The Hall–Kier alpha value is -1.41. The molecule has 1 aromatic rings. The van der Waals surface area contributed by atoms with Gasteiger partial charge in [-0.3, -0.25) is 9.10 Å². The normalized spacial score (nSPS) is 14.8. The Morgan fingerprint density at radius 1 is 1.50 bits per heavy atom. The first-order valence-electron chi connectivity index (χ1n) is 6.03. The number of sulfonamides is 1. The van der Waals surface area contributed by atoms with Gasteiger partial charge in [0.2, 0.25) is 10.0 Å². The van der Waals surface area contributed by atoms with E-state index in [-0.39, 0.29) is 12.2 Å². The van der Waals surface area contributed by atoms with Gasteiger partial charge in [0.25, 0.3) is 0 Å². The molecule has 2 N–H and O–H groups in total. The van der Waals surface area contributed by atoms with Crippen LogP contribution in [0.4, 0.5) is 11.4 Å². The second kappa shape index (κ2) is 5.92. The number of carbonyl (C=O) groups is 1. The van der Waals surface area contributed by atoms with Crippen molar-refractivity contribution in [2.24, 2.45) is 0 Å². The average molecular weight is 316 g/mol. The van der Waals surface area contributed by atoms with Crippen molar-refractivity contribution in [3.05, 3.63) is 18.2 Å². The lowest BCUT2D eigenvalue weighted by Gasteiger charge is -2.30. The summed E-state index contributed by atoms with van der Waals surface area (Å²) in [5, 5.41) is 0. The summed E-state index contributed by atoms with van der Waals surface area (Å²) in [6.07, 6.45) is -0.153. The lowest BCUT2D eigenvalue weighted by Crippen LogP contribution is -2.37. The molecule has 2 rings (SSSR count). The van der Waals surface area contributed by atoms with Crippen molar-refractivity contribution in [1.29, 1.82) is 0 Å². The standard InChI is InChI=1S/C12H16N2O4S2/c1-18-12(15)4-7-20(16,17)14-5-6-19-11-3-2-9(13)8-10(11)14/h2-3,8H,4-7,13H2,1H3. The monoisotopic (exact) mass is 316 g/mol. The molecule has 110 valence electrons. The smallest absolute Gasteiger partial charge is 0.306 e. The van der Waals surface area contributed by atoms with Gasteiger partial charge < -0.3 is 10.5 Å². The highest BCUT2D eigenvalue weighted by Gasteiger charge is 2.28. The number of hydrogen-bond acceptors (Lipinski definition) is 6. The average Bonchev–Trinajstić information content (AvgIpc) is 2.44. The highest BCUT2D eigenvalue weighted by molar-refractivity contribution is 8.00. The van der Waals surface area contributed by atoms with Gasteiger partial charge in [-0.25, -0.2) is 8.42 Å². The second-order valence-corrected chi connectivity index (χ2v) is 7.44. The molecule has 0 bridgehead atoms. The van der Waals surface area contributed by atoms with Gasteiger partial charge >= 0.3 is 5.97 Å². The molecule has 0 radical (unpaired) electrons. The molecular weight excluding hydrogens is 300 g/mol. The zero-order chi connectivity index (χ0) is 14.8. The van der Waals surface area contributed by atoms with Crippen LogP contribution >= 0.6 is 11.8 Å². The van der Waals surface area contributed by atoms with E-state index in [2.05, 4.69) is 4.74 Å². The molecular formula is C12H16N2O4S2. The maximum absolute atomic E-state index is 12.3. The maximum Gasteiger partial charge on any atom is 0.306 e. The SMILES string of the molecule is COC(=O)CCS(=O)(=O)N1CCSc2ccc(N)cc21. The van der Waals surface area contributed by atoms with Crippen LogP contribution in [-0.2, 0) is 19.6 Å². The first kappa shape index (κ1) is 15.0. The fourth-order valence-corrected chi connectivity index (χ4v) is 4.54. The number of benzene rings is 1. The van der Waals surface area contributed by atoms with E-state index >= 15 is 0 Å². The molecule has 6 nitrogen and oxygen atoms in total. The molecule has 0 unspecified atom stereocenters. The van der Waals surface area contributed by atoms with Crippen LogP contribution in [0.5, 0.6) is 0 Å². The fourth-order valence-electron chi connectivity index (χ4n) is 1.92. The number of nitrogens with two attached hydrogens (primary N) is 1. The number of methoxy groups -OCH3 is 1. The van der Waals surface area contributed by atoms with E-state index in [1.165, 1.54) is 11.4 Å². The number of hydrogen-bond donors (Lipinski definition) is 1. The number of esters is 1. The first-order chi connectivity index (χ1) is 9.44. The number of fused-ring (bicyclic) bond motifs is 1. The van der Waals surface area contributed by atoms with Gasteiger partial charge in [-0.2, -0.15) is 0 Å². The summed E-state index contributed by atoms with van der Waals surface area (Å²) in [5.74, 6) is -0.125. The third-order valence-corrected chi connectivity index (χ3v) is 5.75. The predicted molar refractivity (Wildman–Crippen MR) is 79.3 cm³/mol. The Bertz CT molecular complexity index is 616. The molecule has 0 saturated heterocycles. The van der Waals surface area contributed by atoms with Gasteiger partial charge in [-0.1, -0.05) is 0 Å². The highest BCUT2D eigenvalue weighted by Crippen LogP contribution is 2.37. The zero-order valence-corrected chi connectivity index (χ0v) is 12.7. The third-order valence-electron chi connectivity index (χ3n) is 2.93. The molecule has 0 fully saturated rings. The van der Waals surface area contributed by atoms with Crippen LogP contribution in [0.2, 0.25) is 0 Å². The summed E-state index contributed by atoms with van der Waals surface area (Å²) in [5.41, 5.74) is 6.83. The molecule has 1 heterocycles. The van der Waals surface area contributed by atoms with Crippen molar-refractivity contribution >= 4 is 39.1 Å². The Labute approximate surface area is 122 Å². The van der Waals surface area contributed by atoms with Crippen molar-refractivity contribution in [1.82, 2.24) is 0 Å². The van der Waals surface area contributed by atoms with E-state index in [1.807, 2.05) is 6.07 Å². The van der Waals surface area contributed by atoms with Crippen LogP contribution in [0.1, 0.15) is 6.42 Å². The zero-order valence-electron chi connectivity index (χ0n) is 11.0. The molecule has 0 spiro atoms. The van der Waals surface area contributed by atoms with Crippen molar-refractivity contribution in [2.75, 3.05) is 35.2 Å². The predicted octanol–water partition coefficient (Wildman–Crippen LogP) is 1.07. The minimum atomic E-state index is -3.56. The van der Waals surface area contributed by atoms with Gasteiger partial charge in [0, 0.05) is 22.9 Å². The highest BCUT2D eigenvalue weighted by atomic mass is 32.2. The summed E-state index contributed by atoms with van der Waals surface area (Å²) in [6, 6.07) is 5.21. The Kier molecular flexibility index (Phi) is 4.44. The number of carbonyl (C=O) groups excluding carboxylic acids is 1. The number of nitrogen functional groups attached to an aromatic ring is 1. The number of rotatable bonds is 4. The topological polar surface area (TPSA) is 89.7 Å². The van der Waals surface area contributed by atoms with Crippen molar-refractivity contribution in [3.8, 4) is 0 Å². The van der Waals surface area contributed by atoms with Gasteiger partial charge in [0.1, 0.15) is 0 Å². The largest absolute Gasteiger partial charge is 0.469 e. The van der Waals surface area contributed by atoms with Crippen LogP contribution < -0.4 is 10.0 Å². The van der Waals surface area contributed by atoms with Crippen LogP contribution in [0.25, 0.3) is 0 Å². The lowest BCUT2D eigenvalue weighted by atomic mass is 10.3. The molecule has 8 heteroatoms. The van der Waals surface area contributed by atoms with Crippen molar-refractivity contribution in [2.45, 2.75) is 11.3 Å². The quantitative estimate of drug-likeness (QED) is 0.660. The van der Waals surface area contributed by atoms with Crippen LogP contribution in [-0.4, -0.2) is 39.5 Å². The van der Waals surface area contributed by atoms with Gasteiger partial charge in [-0.05, 0) is 18.2 Å². The Morgan fingerprint density at radius 3 is 2.95 bits per heavy atom. The van der Waals surface area contributed by atoms with E-state index in [0.717, 1.165) is 4.90 Å². The van der Waals surface area contributed by atoms with Crippen LogP contribution in [0, 0.1) is 0 Å². The molecule has 0 aromatic heterocycles. The van der Waals surface area contributed by atoms with Crippen molar-refractivity contribution in [3.63, 3.8) is 0 Å². The van der Waals surface area contributed by atoms with Crippen LogP contribution in [0.15, 0.2) is 23.1 Å². The number of ether oxygens (including phenoxy) is 1. The third kappa shape index (κ3) is 3.18. The molecule has 0 saturated carbocycles. The van der Waals surface area contributed by atoms with Gasteiger partial charge in [0.15, 0.2) is 0 Å². The van der Waals surface area contributed by atoms with Gasteiger partial charge in [-0.15, -0.1) is 11.8 Å². The second-order valence-electron chi connectivity index (χ2n) is 4.29. The fraction of sp³-hybridized carbons (Fsp3) is 0.417. The number of nitrogens with zero attached hydrogens (tertiary/aromatic N) is 1. The minimum Gasteiger partial charge on any atom is -0.469 e. The maximum atomic E-state index is 12.3. The summed E-state index contributed by atoms with van der Waals surface area (Å²) in [6.45, 7) is 0.380. The number of anilines is 2. The Balaban J connectivity index is 2.26. The molecule has 0 atom stereocenters. The van der Waals surface area contributed by atoms with E-state index in [9.17, 15) is 13.2 Å². The molecule has 20 heavy (non-hydrogen) atoms. The van der Waals surface area contributed by atoms with E-state index in [1.54, 1.807) is 23.9 Å². The van der Waals surface area contributed by atoms with E-state index in [0.29, 0.717) is 23.7 Å². The van der Waals surface area contributed by atoms with E-state index < -0.39 is 16.0 Å². The summed E-state index contributed by atoms with van der Waals surface area (Å²) in [7, 11) is -2.32. The molecule has 1 aromatic carbocycles.